The number of amides is 2. The molecule has 0 spiro atoms. The number of hydrogen-bond acceptors (Lipinski definition) is 6. The summed E-state index contributed by atoms with van der Waals surface area (Å²) >= 11 is 1.17. The van der Waals surface area contributed by atoms with E-state index in [1.807, 2.05) is 62.4 Å². The number of nitrogens with zero attached hydrogens (tertiary/aromatic N) is 4. The molecule has 2 aliphatic rings. The summed E-state index contributed by atoms with van der Waals surface area (Å²) in [7, 11) is 1.56. The number of rotatable bonds is 7. The van der Waals surface area contributed by atoms with Crippen LogP contribution in [-0.4, -0.2) is 48.0 Å². The summed E-state index contributed by atoms with van der Waals surface area (Å²) in [5.41, 5.74) is 3.02. The van der Waals surface area contributed by atoms with Crippen molar-refractivity contribution in [1.29, 1.82) is 0 Å². The lowest BCUT2D eigenvalue weighted by Crippen LogP contribution is -2.43. The van der Waals surface area contributed by atoms with Gasteiger partial charge in [-0.3, -0.25) is 19.0 Å². The van der Waals surface area contributed by atoms with Gasteiger partial charge in [-0.1, -0.05) is 53.8 Å². The number of methoxy groups -OCH3 is 1. The van der Waals surface area contributed by atoms with Crippen molar-refractivity contribution in [1.82, 2.24) is 9.47 Å². The van der Waals surface area contributed by atoms with Crippen LogP contribution in [0.5, 0.6) is 5.75 Å². The summed E-state index contributed by atoms with van der Waals surface area (Å²) in [4.78, 5) is 50.3. The van der Waals surface area contributed by atoms with Crippen LogP contribution in [0.25, 0.3) is 5.57 Å². The molecule has 39 heavy (non-hydrogen) atoms. The van der Waals surface area contributed by atoms with Crippen molar-refractivity contribution in [2.45, 2.75) is 26.8 Å². The maximum atomic E-state index is 14.3. The summed E-state index contributed by atoms with van der Waals surface area (Å²) in [5.74, 6) is 0.111. The molecule has 0 unspecified atom stereocenters. The van der Waals surface area contributed by atoms with E-state index in [-0.39, 0.29) is 17.4 Å². The number of likely N-dealkylation sites (N-methyl/N-ethyl adjacent to an activating group) is 1. The van der Waals surface area contributed by atoms with Crippen molar-refractivity contribution in [2.75, 3.05) is 31.6 Å². The Morgan fingerprint density at radius 1 is 1.13 bits per heavy atom. The maximum Gasteiger partial charge on any atom is 0.271 e. The van der Waals surface area contributed by atoms with Crippen molar-refractivity contribution in [3.05, 3.63) is 103 Å². The van der Waals surface area contributed by atoms with Gasteiger partial charge in [0.25, 0.3) is 17.4 Å². The van der Waals surface area contributed by atoms with Gasteiger partial charge in [0.15, 0.2) is 4.80 Å². The number of para-hydroxylation sites is 2. The molecule has 0 fully saturated rings. The lowest BCUT2D eigenvalue weighted by atomic mass is 9.94. The first kappa shape index (κ1) is 26.4. The van der Waals surface area contributed by atoms with E-state index in [9.17, 15) is 14.4 Å². The highest BCUT2D eigenvalue weighted by atomic mass is 32.1. The average molecular weight is 543 g/mol. The van der Waals surface area contributed by atoms with Crippen LogP contribution in [0.3, 0.4) is 0 Å². The largest absolute Gasteiger partial charge is 0.496 e. The third-order valence-electron chi connectivity index (χ3n) is 7.17. The van der Waals surface area contributed by atoms with Crippen LogP contribution < -0.4 is 24.5 Å². The molecule has 5 rings (SSSR count). The molecule has 0 saturated carbocycles. The third kappa shape index (κ3) is 4.13. The van der Waals surface area contributed by atoms with E-state index in [2.05, 4.69) is 6.58 Å². The molecular weight excluding hydrogens is 512 g/mol. The number of aromatic nitrogens is 1. The number of carbonyl (C=O) groups excluding carboxylic acids is 2. The molecule has 0 radical (unpaired) electrons. The van der Waals surface area contributed by atoms with Crippen molar-refractivity contribution in [2.24, 2.45) is 4.99 Å². The van der Waals surface area contributed by atoms with E-state index < -0.39 is 6.04 Å². The van der Waals surface area contributed by atoms with Gasteiger partial charge in [0.2, 0.25) is 0 Å². The van der Waals surface area contributed by atoms with E-state index in [1.54, 1.807) is 34.5 Å². The summed E-state index contributed by atoms with van der Waals surface area (Å²) in [6.45, 7) is 10.8. The summed E-state index contributed by atoms with van der Waals surface area (Å²) in [6, 6.07) is 14.0. The predicted molar refractivity (Wildman–Crippen MR) is 153 cm³/mol. The number of benzene rings is 2. The highest BCUT2D eigenvalue weighted by Gasteiger charge is 2.38. The Labute approximate surface area is 230 Å². The van der Waals surface area contributed by atoms with Crippen molar-refractivity contribution < 1.29 is 14.3 Å². The zero-order valence-corrected chi connectivity index (χ0v) is 23.2. The van der Waals surface area contributed by atoms with Crippen molar-refractivity contribution in [3.63, 3.8) is 0 Å². The lowest BCUT2D eigenvalue weighted by Gasteiger charge is -2.29. The Morgan fingerprint density at radius 3 is 2.51 bits per heavy atom. The summed E-state index contributed by atoms with van der Waals surface area (Å²) in [6.07, 6.45) is 1.66. The van der Waals surface area contributed by atoms with Crippen LogP contribution in [0.4, 0.5) is 5.69 Å². The normalized spacial score (nSPS) is 17.5. The molecule has 1 aromatic heterocycles. The fourth-order valence-corrected chi connectivity index (χ4v) is 6.46. The van der Waals surface area contributed by atoms with Gasteiger partial charge >= 0.3 is 0 Å². The second-order valence-electron chi connectivity index (χ2n) is 9.22. The van der Waals surface area contributed by atoms with Gasteiger partial charge in [-0.15, -0.1) is 6.58 Å². The molecule has 1 atom stereocenters. The number of carbonyl (C=O) groups is 2. The number of ether oxygens (including phenoxy) is 1. The van der Waals surface area contributed by atoms with E-state index >= 15 is 0 Å². The molecule has 0 aliphatic carbocycles. The number of allylic oxidation sites excluding steroid dienone is 1. The van der Waals surface area contributed by atoms with Crippen LogP contribution >= 0.6 is 11.3 Å². The van der Waals surface area contributed by atoms with Gasteiger partial charge in [-0.25, -0.2) is 4.99 Å². The molecule has 200 valence electrons. The fourth-order valence-electron chi connectivity index (χ4n) is 5.32. The van der Waals surface area contributed by atoms with Gasteiger partial charge in [0, 0.05) is 30.8 Å². The number of anilines is 1. The standard InChI is InChI=1S/C30H30N4O4S/c1-6-17-33-21-15-11-9-13-19(21)24(28(33)36)26-29(37)34-25(20-14-10-12-16-22(20)38-5)23(18(4)31-30(34)39-26)27(35)32(7-2)8-3/h6,9-16,25H,1,7-8,17H2,2-5H3/b26-24-/t25-/m1/s1. The van der Waals surface area contributed by atoms with E-state index in [0.29, 0.717) is 62.7 Å². The molecule has 2 aliphatic heterocycles. The number of fused-ring (bicyclic) bond motifs is 2. The van der Waals surface area contributed by atoms with Gasteiger partial charge < -0.3 is 14.5 Å². The SMILES string of the molecule is C=CCN1C(=O)/C(=c2\sc3n(c2=O)[C@H](c2ccccc2OC)C(C(=O)N(CC)CC)=C(C)N=3)c2ccccc21. The Balaban J connectivity index is 1.84. The first-order valence-electron chi connectivity index (χ1n) is 12.9. The van der Waals surface area contributed by atoms with Gasteiger partial charge in [-0.2, -0.15) is 0 Å². The van der Waals surface area contributed by atoms with Gasteiger partial charge in [-0.05, 0) is 32.9 Å². The van der Waals surface area contributed by atoms with Crippen molar-refractivity contribution in [3.8, 4) is 5.75 Å². The minimum Gasteiger partial charge on any atom is -0.496 e. The second kappa shape index (κ2) is 10.5. The Hall–Kier alpha value is -4.24. The zero-order chi connectivity index (χ0) is 27.8. The third-order valence-corrected chi connectivity index (χ3v) is 8.23. The minimum atomic E-state index is -0.768. The molecule has 3 heterocycles. The van der Waals surface area contributed by atoms with Crippen LogP contribution in [0.2, 0.25) is 0 Å². The smallest absolute Gasteiger partial charge is 0.271 e. The number of thiazole rings is 1. The highest BCUT2D eigenvalue weighted by molar-refractivity contribution is 7.07. The molecule has 2 aromatic carbocycles. The topological polar surface area (TPSA) is 84.2 Å². The van der Waals surface area contributed by atoms with Crippen LogP contribution in [0, 0.1) is 0 Å². The van der Waals surface area contributed by atoms with Crippen LogP contribution in [0.15, 0.2) is 82.2 Å². The van der Waals surface area contributed by atoms with Crippen LogP contribution in [-0.2, 0) is 9.59 Å². The summed E-state index contributed by atoms with van der Waals surface area (Å²) < 4.78 is 7.51. The molecule has 0 saturated heterocycles. The zero-order valence-electron chi connectivity index (χ0n) is 22.4. The molecular formula is C30H30N4O4S. The molecule has 3 aromatic rings. The highest BCUT2D eigenvalue weighted by Crippen LogP contribution is 2.37. The second-order valence-corrected chi connectivity index (χ2v) is 10.2. The van der Waals surface area contributed by atoms with Crippen LogP contribution in [0.1, 0.15) is 37.9 Å². The molecule has 2 amide bonds. The van der Waals surface area contributed by atoms with Crippen molar-refractivity contribution >= 4 is 34.4 Å². The first-order chi connectivity index (χ1) is 18.9. The fraction of sp³-hybridized carbons (Fsp3) is 0.267. The number of hydrogen-bond donors (Lipinski definition) is 0. The quantitative estimate of drug-likeness (QED) is 0.430. The molecule has 0 N–H and O–H groups in total. The lowest BCUT2D eigenvalue weighted by molar-refractivity contribution is -0.127. The Bertz CT molecular complexity index is 1710. The van der Waals surface area contributed by atoms with E-state index in [4.69, 9.17) is 9.73 Å². The Kier molecular flexibility index (Phi) is 7.10. The summed E-state index contributed by atoms with van der Waals surface area (Å²) in [5, 5.41) is 0. The van der Waals surface area contributed by atoms with E-state index in [1.165, 1.54) is 11.3 Å². The van der Waals surface area contributed by atoms with Gasteiger partial charge in [0.1, 0.15) is 16.3 Å². The predicted octanol–water partition coefficient (Wildman–Crippen LogP) is 3.02. The average Bonchev–Trinajstić information content (AvgIpc) is 3.41. The molecule has 8 nitrogen and oxygen atoms in total. The van der Waals surface area contributed by atoms with Gasteiger partial charge in [0.05, 0.1) is 29.6 Å². The molecule has 0 bridgehead atoms. The molecule has 9 heteroatoms. The van der Waals surface area contributed by atoms with E-state index in [0.717, 1.165) is 5.69 Å². The monoisotopic (exact) mass is 542 g/mol. The maximum absolute atomic E-state index is 14.3. The first-order valence-corrected chi connectivity index (χ1v) is 13.7. The Morgan fingerprint density at radius 2 is 1.82 bits per heavy atom. The minimum absolute atomic E-state index is 0.186.